The van der Waals surface area contributed by atoms with Crippen LogP contribution in [-0.4, -0.2) is 15.0 Å². The summed E-state index contributed by atoms with van der Waals surface area (Å²) in [5.41, 5.74) is 0.489. The monoisotopic (exact) mass is 387 g/mol. The van der Waals surface area contributed by atoms with Crippen molar-refractivity contribution in [2.45, 2.75) is 18.4 Å². The van der Waals surface area contributed by atoms with Crippen molar-refractivity contribution in [3.63, 3.8) is 0 Å². The molecule has 20 heavy (non-hydrogen) atoms. The number of alkyl halides is 4. The number of rotatable bonds is 2. The van der Waals surface area contributed by atoms with Gasteiger partial charge in [-0.15, -0.1) is 4.80 Å². The molecule has 9 heteroatoms. The third-order valence-corrected chi connectivity index (χ3v) is 3.66. The zero-order valence-electron chi connectivity index (χ0n) is 9.97. The second kappa shape index (κ2) is 5.54. The number of benzene rings is 1. The lowest BCUT2D eigenvalue weighted by molar-refractivity contribution is -0.137. The SMILES string of the molecule is Cc1nn(-c2c(Cl)cc(C(F)(F)F)cc2Cl)nc1CBr. The molecule has 0 aliphatic carbocycles. The molecule has 0 aliphatic heterocycles. The highest BCUT2D eigenvalue weighted by Gasteiger charge is 2.32. The fraction of sp³-hybridized carbons (Fsp3) is 0.273. The predicted molar refractivity (Wildman–Crippen MR) is 73.7 cm³/mol. The molecule has 1 aromatic heterocycles. The quantitative estimate of drug-likeness (QED) is 0.692. The van der Waals surface area contributed by atoms with Crippen LogP contribution in [0, 0.1) is 6.92 Å². The van der Waals surface area contributed by atoms with E-state index >= 15 is 0 Å². The van der Waals surface area contributed by atoms with Gasteiger partial charge in [-0.1, -0.05) is 39.1 Å². The van der Waals surface area contributed by atoms with Gasteiger partial charge in [0.05, 0.1) is 27.0 Å². The van der Waals surface area contributed by atoms with Gasteiger partial charge < -0.3 is 0 Å². The number of hydrogen-bond donors (Lipinski definition) is 0. The molecule has 1 aromatic carbocycles. The Kier molecular flexibility index (Phi) is 4.32. The van der Waals surface area contributed by atoms with E-state index in [0.29, 0.717) is 16.7 Å². The van der Waals surface area contributed by atoms with E-state index in [-0.39, 0.29) is 15.7 Å². The molecule has 0 amide bonds. The number of aryl methyl sites for hydroxylation is 1. The lowest BCUT2D eigenvalue weighted by Gasteiger charge is -2.11. The summed E-state index contributed by atoms with van der Waals surface area (Å²) in [5, 5.41) is 8.35. The molecule has 2 rings (SSSR count). The van der Waals surface area contributed by atoms with E-state index < -0.39 is 11.7 Å². The Balaban J connectivity index is 2.58. The highest BCUT2D eigenvalue weighted by molar-refractivity contribution is 9.08. The van der Waals surface area contributed by atoms with Crippen LogP contribution in [0.2, 0.25) is 10.0 Å². The number of nitrogens with zero attached hydrogens (tertiary/aromatic N) is 3. The summed E-state index contributed by atoms with van der Waals surface area (Å²) >= 11 is 15.0. The van der Waals surface area contributed by atoms with Gasteiger partial charge in [0, 0.05) is 5.33 Å². The van der Waals surface area contributed by atoms with Crippen molar-refractivity contribution < 1.29 is 13.2 Å². The molecule has 0 unspecified atom stereocenters. The van der Waals surface area contributed by atoms with Gasteiger partial charge in [0.1, 0.15) is 5.69 Å². The van der Waals surface area contributed by atoms with Crippen LogP contribution < -0.4 is 0 Å². The second-order valence-corrected chi connectivity index (χ2v) is 5.32. The highest BCUT2D eigenvalue weighted by Crippen LogP contribution is 2.37. The predicted octanol–water partition coefficient (Wildman–Crippen LogP) is 4.80. The maximum absolute atomic E-state index is 12.6. The molecule has 0 spiro atoms. The van der Waals surface area contributed by atoms with Crippen LogP contribution in [0.15, 0.2) is 12.1 Å². The van der Waals surface area contributed by atoms with Gasteiger partial charge in [-0.25, -0.2) is 0 Å². The molecular formula is C11H7BrCl2F3N3. The van der Waals surface area contributed by atoms with Gasteiger partial charge in [-0.05, 0) is 19.1 Å². The molecular weight excluding hydrogens is 382 g/mol. The smallest absolute Gasteiger partial charge is 0.166 e. The minimum atomic E-state index is -4.51. The molecule has 3 nitrogen and oxygen atoms in total. The minimum absolute atomic E-state index is 0.122. The van der Waals surface area contributed by atoms with Gasteiger partial charge in [-0.3, -0.25) is 0 Å². The maximum Gasteiger partial charge on any atom is 0.416 e. The van der Waals surface area contributed by atoms with E-state index in [1.54, 1.807) is 6.92 Å². The molecule has 0 atom stereocenters. The van der Waals surface area contributed by atoms with E-state index in [1.807, 2.05) is 0 Å². The zero-order chi connectivity index (χ0) is 15.1. The van der Waals surface area contributed by atoms with Crippen LogP contribution in [0.1, 0.15) is 17.0 Å². The topological polar surface area (TPSA) is 30.7 Å². The van der Waals surface area contributed by atoms with Crippen LogP contribution in [0.5, 0.6) is 0 Å². The zero-order valence-corrected chi connectivity index (χ0v) is 13.1. The van der Waals surface area contributed by atoms with Crippen molar-refractivity contribution in [3.8, 4) is 5.69 Å². The summed E-state index contributed by atoms with van der Waals surface area (Å²) < 4.78 is 37.9. The van der Waals surface area contributed by atoms with Crippen LogP contribution in [-0.2, 0) is 11.5 Å². The molecule has 0 radical (unpaired) electrons. The van der Waals surface area contributed by atoms with Crippen molar-refractivity contribution in [3.05, 3.63) is 39.1 Å². The first-order valence-corrected chi connectivity index (χ1v) is 7.17. The van der Waals surface area contributed by atoms with Gasteiger partial charge in [-0.2, -0.15) is 23.4 Å². The lowest BCUT2D eigenvalue weighted by Crippen LogP contribution is -2.08. The standard InChI is InChI=1S/C11H7BrCl2F3N3/c1-5-9(4-12)19-20(18-5)10-7(13)2-6(3-8(10)14)11(15,16)17/h2-3H,4H2,1H3. The van der Waals surface area contributed by atoms with Gasteiger partial charge >= 0.3 is 6.18 Å². The minimum Gasteiger partial charge on any atom is -0.166 e. The van der Waals surface area contributed by atoms with Crippen LogP contribution in [0.3, 0.4) is 0 Å². The molecule has 0 N–H and O–H groups in total. The average Bonchev–Trinajstić information content (AvgIpc) is 2.68. The fourth-order valence-corrected chi connectivity index (χ4v) is 2.71. The summed E-state index contributed by atoms with van der Waals surface area (Å²) in [6.07, 6.45) is -4.51. The Morgan fingerprint density at radius 3 is 2.15 bits per heavy atom. The first-order chi connectivity index (χ1) is 9.24. The van der Waals surface area contributed by atoms with Crippen LogP contribution in [0.4, 0.5) is 13.2 Å². The third kappa shape index (κ3) is 2.94. The lowest BCUT2D eigenvalue weighted by atomic mass is 10.2. The summed E-state index contributed by atoms with van der Waals surface area (Å²) in [4.78, 5) is 1.14. The van der Waals surface area contributed by atoms with Crippen LogP contribution >= 0.6 is 39.1 Å². The molecule has 0 aliphatic rings. The fourth-order valence-electron chi connectivity index (χ4n) is 1.55. The maximum atomic E-state index is 12.6. The third-order valence-electron chi connectivity index (χ3n) is 2.55. The largest absolute Gasteiger partial charge is 0.416 e. The van der Waals surface area contributed by atoms with Gasteiger partial charge in [0.2, 0.25) is 0 Å². The summed E-state index contributed by atoms with van der Waals surface area (Å²) in [6, 6.07) is 1.60. The van der Waals surface area contributed by atoms with Crippen molar-refractivity contribution in [1.29, 1.82) is 0 Å². The van der Waals surface area contributed by atoms with Crippen molar-refractivity contribution in [1.82, 2.24) is 15.0 Å². The van der Waals surface area contributed by atoms with E-state index in [4.69, 9.17) is 23.2 Å². The van der Waals surface area contributed by atoms with E-state index in [2.05, 4.69) is 26.1 Å². The first kappa shape index (κ1) is 15.6. The van der Waals surface area contributed by atoms with Crippen LogP contribution in [0.25, 0.3) is 5.69 Å². The van der Waals surface area contributed by atoms with Gasteiger partial charge in [0.15, 0.2) is 0 Å². The van der Waals surface area contributed by atoms with Gasteiger partial charge in [0.25, 0.3) is 0 Å². The molecule has 1 heterocycles. The Morgan fingerprint density at radius 1 is 1.20 bits per heavy atom. The molecule has 0 saturated heterocycles. The average molecular weight is 389 g/mol. The normalized spacial score (nSPS) is 11.9. The highest BCUT2D eigenvalue weighted by atomic mass is 79.9. The molecule has 0 saturated carbocycles. The van der Waals surface area contributed by atoms with Crippen molar-refractivity contribution >= 4 is 39.1 Å². The van der Waals surface area contributed by atoms with E-state index in [1.165, 1.54) is 0 Å². The van der Waals surface area contributed by atoms with Crippen molar-refractivity contribution in [2.24, 2.45) is 0 Å². The van der Waals surface area contributed by atoms with E-state index in [0.717, 1.165) is 16.9 Å². The Hall–Kier alpha value is -0.790. The Morgan fingerprint density at radius 2 is 1.75 bits per heavy atom. The Labute approximate surface area is 130 Å². The molecule has 0 fully saturated rings. The molecule has 2 aromatic rings. The van der Waals surface area contributed by atoms with E-state index in [9.17, 15) is 13.2 Å². The summed E-state index contributed by atoms with van der Waals surface area (Å²) in [6.45, 7) is 1.73. The molecule has 108 valence electrons. The Bertz CT molecular complexity index is 632. The number of hydrogen-bond acceptors (Lipinski definition) is 2. The second-order valence-electron chi connectivity index (χ2n) is 3.94. The number of aromatic nitrogens is 3. The summed E-state index contributed by atoms with van der Waals surface area (Å²) in [7, 11) is 0. The molecule has 0 bridgehead atoms. The summed E-state index contributed by atoms with van der Waals surface area (Å²) in [5.74, 6) is 0. The number of halogens is 6. The first-order valence-electron chi connectivity index (χ1n) is 5.29. The van der Waals surface area contributed by atoms with Crippen molar-refractivity contribution in [2.75, 3.05) is 0 Å².